The zero-order valence-corrected chi connectivity index (χ0v) is 48.9. The maximum absolute atomic E-state index is 13.5. The van der Waals surface area contributed by atoms with E-state index in [1.165, 1.54) is 0 Å². The largest absolute Gasteiger partial charge is 0.413 e. The molecule has 0 unspecified atom stereocenters. The Hall–Kier alpha value is -6.39. The van der Waals surface area contributed by atoms with Crippen LogP contribution in [0.2, 0.25) is 36.3 Å². The van der Waals surface area contributed by atoms with E-state index in [1.807, 2.05) is 88.7 Å². The van der Waals surface area contributed by atoms with Gasteiger partial charge < -0.3 is 23.6 Å². The van der Waals surface area contributed by atoms with Crippen molar-refractivity contribution in [2.45, 2.75) is 91.7 Å². The fourth-order valence-electron chi connectivity index (χ4n) is 7.05. The topological polar surface area (TPSA) is 191 Å². The summed E-state index contributed by atoms with van der Waals surface area (Å²) in [5.74, 6) is 2.36. The van der Waals surface area contributed by atoms with E-state index in [9.17, 15) is 19.2 Å². The number of carbonyl (C=O) groups excluding carboxylic acids is 2. The summed E-state index contributed by atoms with van der Waals surface area (Å²) >= 11 is 3.38. The Kier molecular flexibility index (Phi) is 19.3. The van der Waals surface area contributed by atoms with Crippen LogP contribution in [0.4, 0.5) is 11.6 Å². The molecule has 2 aliphatic rings. The SMILES string of the molecule is Brc1ccc(-c2ncccn2)cc1.CC(=O)C1CN(c2nc(/C=C/CO[Si](C)(C)C(C)(C)C)c[nH]c2=O)C1.CC(=O)C1CN(c2nc(/C=C/CO[Si](C)(C)C(C)(C)C)cn(-c3ccc(-c4ncccn4)cc3)c2=O)C1. The Morgan fingerprint density at radius 1 is 0.653 bits per heavy atom. The molecule has 396 valence electrons. The first kappa shape index (κ1) is 57.9. The lowest BCUT2D eigenvalue weighted by Gasteiger charge is -2.38. The van der Waals surface area contributed by atoms with Crippen molar-refractivity contribution in [2.75, 3.05) is 49.2 Å². The van der Waals surface area contributed by atoms with Gasteiger partial charge in [0.2, 0.25) is 0 Å². The molecule has 2 aliphatic heterocycles. The van der Waals surface area contributed by atoms with Crippen molar-refractivity contribution >= 4 is 67.9 Å². The summed E-state index contributed by atoms with van der Waals surface area (Å²) in [6.45, 7) is 28.4. The van der Waals surface area contributed by atoms with E-state index in [4.69, 9.17) is 8.85 Å². The highest BCUT2D eigenvalue weighted by Gasteiger charge is 2.38. The van der Waals surface area contributed by atoms with Crippen LogP contribution in [0.5, 0.6) is 0 Å². The Morgan fingerprint density at radius 3 is 1.51 bits per heavy atom. The highest BCUT2D eigenvalue weighted by atomic mass is 79.9. The van der Waals surface area contributed by atoms with Gasteiger partial charge in [0.1, 0.15) is 11.6 Å². The van der Waals surface area contributed by atoms with E-state index in [-0.39, 0.29) is 44.6 Å². The first-order valence-electron chi connectivity index (χ1n) is 25.1. The van der Waals surface area contributed by atoms with Crippen molar-refractivity contribution in [1.82, 2.24) is 39.5 Å². The van der Waals surface area contributed by atoms with E-state index in [0.29, 0.717) is 73.9 Å². The second-order valence-electron chi connectivity index (χ2n) is 21.7. The summed E-state index contributed by atoms with van der Waals surface area (Å²) in [4.78, 5) is 80.9. The molecule has 2 fully saturated rings. The Bertz CT molecular complexity index is 3050. The normalized spacial score (nSPS) is 14.4. The molecule has 0 bridgehead atoms. The molecule has 2 aromatic carbocycles. The Labute approximate surface area is 451 Å². The summed E-state index contributed by atoms with van der Waals surface area (Å²) in [5.41, 5.74) is 3.49. The molecule has 0 saturated carbocycles. The molecule has 2 saturated heterocycles. The van der Waals surface area contributed by atoms with Crippen LogP contribution >= 0.6 is 15.9 Å². The quantitative estimate of drug-likeness (QED) is 0.0955. The highest BCUT2D eigenvalue weighted by Crippen LogP contribution is 2.37. The van der Waals surface area contributed by atoms with Gasteiger partial charge in [0.05, 0.1) is 36.4 Å². The average molecular weight is 1120 g/mol. The number of nitrogens with zero attached hydrogens (tertiary/aromatic N) is 9. The number of aromatic nitrogens is 8. The number of H-pyrrole nitrogens is 1. The van der Waals surface area contributed by atoms with Gasteiger partial charge in [-0.3, -0.25) is 23.7 Å². The number of ketones is 2. The van der Waals surface area contributed by atoms with Crippen molar-refractivity contribution in [1.29, 1.82) is 0 Å². The smallest absolute Gasteiger partial charge is 0.298 e. The van der Waals surface area contributed by atoms with E-state index in [1.54, 1.807) is 61.7 Å². The fourth-order valence-corrected chi connectivity index (χ4v) is 9.21. The number of rotatable bonds is 15. The number of halogens is 1. The molecule has 0 aliphatic carbocycles. The maximum Gasteiger partial charge on any atom is 0.298 e. The number of nitrogens with one attached hydrogen (secondary N) is 1. The molecule has 6 aromatic rings. The molecule has 0 radical (unpaired) electrons. The number of anilines is 2. The van der Waals surface area contributed by atoms with Gasteiger partial charge >= 0.3 is 0 Å². The van der Waals surface area contributed by atoms with Gasteiger partial charge in [-0.05, 0) is 111 Å². The van der Waals surface area contributed by atoms with Crippen LogP contribution in [0.3, 0.4) is 0 Å². The highest BCUT2D eigenvalue weighted by molar-refractivity contribution is 9.10. The maximum atomic E-state index is 13.5. The molecule has 4 aromatic heterocycles. The van der Waals surface area contributed by atoms with Gasteiger partial charge in [-0.15, -0.1) is 0 Å². The minimum atomic E-state index is -1.87. The van der Waals surface area contributed by atoms with Crippen molar-refractivity contribution in [3.8, 4) is 28.5 Å². The molecular formula is C56H71BrN10O6Si2. The Morgan fingerprint density at radius 2 is 1.07 bits per heavy atom. The summed E-state index contributed by atoms with van der Waals surface area (Å²) in [6.07, 6.45) is 17.8. The third-order valence-electron chi connectivity index (χ3n) is 14.1. The van der Waals surface area contributed by atoms with E-state index < -0.39 is 16.6 Å². The van der Waals surface area contributed by atoms with Gasteiger partial charge in [0.15, 0.2) is 39.9 Å². The monoisotopic (exact) mass is 1110 g/mol. The molecule has 0 amide bonds. The average Bonchev–Trinajstić information content (AvgIpc) is 3.33. The van der Waals surface area contributed by atoms with Gasteiger partial charge in [-0.2, -0.15) is 0 Å². The minimum absolute atomic E-state index is 0.0124. The number of Topliss-reactive ketones (excluding diaryl/α,β-unsaturated/α-hetero) is 2. The molecule has 6 heterocycles. The summed E-state index contributed by atoms with van der Waals surface area (Å²) in [5, 5.41) is 0.302. The van der Waals surface area contributed by atoms with Crippen LogP contribution in [-0.4, -0.2) is 107 Å². The van der Waals surface area contributed by atoms with Crippen LogP contribution in [0.15, 0.2) is 124 Å². The van der Waals surface area contributed by atoms with Crippen molar-refractivity contribution in [3.05, 3.63) is 147 Å². The zero-order valence-electron chi connectivity index (χ0n) is 45.3. The molecule has 0 spiro atoms. The molecule has 19 heteroatoms. The van der Waals surface area contributed by atoms with Crippen LogP contribution in [0, 0.1) is 11.8 Å². The third kappa shape index (κ3) is 15.6. The first-order valence-corrected chi connectivity index (χ1v) is 31.7. The van der Waals surface area contributed by atoms with E-state index in [2.05, 4.69) is 119 Å². The summed E-state index contributed by atoms with van der Waals surface area (Å²) in [6, 6.07) is 19.1. The number of benzene rings is 2. The summed E-state index contributed by atoms with van der Waals surface area (Å²) in [7, 11) is -3.64. The third-order valence-corrected chi connectivity index (χ3v) is 23.6. The van der Waals surface area contributed by atoms with Crippen molar-refractivity contribution in [3.63, 3.8) is 0 Å². The minimum Gasteiger partial charge on any atom is -0.413 e. The number of aromatic amines is 1. The van der Waals surface area contributed by atoms with Crippen molar-refractivity contribution in [2.24, 2.45) is 11.8 Å². The van der Waals surface area contributed by atoms with Gasteiger partial charge in [-0.1, -0.05) is 81.8 Å². The predicted molar refractivity (Wildman–Crippen MR) is 308 cm³/mol. The molecule has 1 N–H and O–H groups in total. The van der Waals surface area contributed by atoms with Crippen LogP contribution in [-0.2, 0) is 18.4 Å². The van der Waals surface area contributed by atoms with Gasteiger partial charge in [-0.25, -0.2) is 29.9 Å². The lowest BCUT2D eigenvalue weighted by molar-refractivity contribution is -0.122. The van der Waals surface area contributed by atoms with Crippen LogP contribution in [0.1, 0.15) is 66.8 Å². The van der Waals surface area contributed by atoms with Crippen LogP contribution < -0.4 is 20.9 Å². The molecule has 8 rings (SSSR count). The fraction of sp³-hybridized carbons (Fsp3) is 0.393. The molecule has 75 heavy (non-hydrogen) atoms. The number of carbonyl (C=O) groups is 2. The summed E-state index contributed by atoms with van der Waals surface area (Å²) < 4.78 is 15.0. The lowest BCUT2D eigenvalue weighted by Crippen LogP contribution is -2.52. The van der Waals surface area contributed by atoms with Crippen molar-refractivity contribution < 1.29 is 18.4 Å². The van der Waals surface area contributed by atoms with Crippen LogP contribution in [0.25, 0.3) is 40.6 Å². The number of hydrogen-bond donors (Lipinski definition) is 1. The standard InChI is InChI=1S/C28H35N5O3Si.C18H29N3O3Si.C10H7BrN2/c1-20(34)22-17-32(18-22)26-27(35)33(24-12-10-21(11-13-24)25-29-14-8-15-30-25)19-23(31-26)9-7-16-36-37(5,6)28(2,3)4;1-13(22)14-11-21(12-14)16-17(23)19-10-15(20-16)8-7-9-24-25(5,6)18(2,3)4;11-9-4-2-8(3-5-9)10-12-6-1-7-13-10/h7-15,19,22H,16-18H2,1-6H3;7-8,10,14H,9,11-12H2,1-6H3,(H,19,23);1-7H/b9-7+;8-7+;. The van der Waals surface area contributed by atoms with Gasteiger partial charge in [0, 0.05) is 84.6 Å². The number of hydrogen-bond acceptors (Lipinski definition) is 14. The second-order valence-corrected chi connectivity index (χ2v) is 32.2. The zero-order chi connectivity index (χ0) is 54.7. The Balaban J connectivity index is 0.000000206. The van der Waals surface area contributed by atoms with E-state index >= 15 is 0 Å². The molecular weight excluding hydrogens is 1040 g/mol. The second kappa shape index (κ2) is 25.0. The molecule has 16 nitrogen and oxygen atoms in total. The molecule has 0 atom stereocenters. The lowest BCUT2D eigenvalue weighted by atomic mass is 9.96. The first-order chi connectivity index (χ1) is 35.3. The van der Waals surface area contributed by atoms with Gasteiger partial charge in [0.25, 0.3) is 11.1 Å². The predicted octanol–water partition coefficient (Wildman–Crippen LogP) is 10.5. The van der Waals surface area contributed by atoms with E-state index in [0.717, 1.165) is 21.4 Å².